The van der Waals surface area contributed by atoms with E-state index < -0.39 is 17.8 Å². The van der Waals surface area contributed by atoms with Crippen molar-refractivity contribution in [3.05, 3.63) is 56.3 Å². The molecule has 1 amide bonds. The highest BCUT2D eigenvalue weighted by molar-refractivity contribution is 6.41. The van der Waals surface area contributed by atoms with Crippen LogP contribution in [-0.2, 0) is 6.18 Å². The molecule has 0 unspecified atom stereocenters. The van der Waals surface area contributed by atoms with Crippen LogP contribution in [0.1, 0.15) is 21.7 Å². The number of carbonyl (C=O) groups is 1. The summed E-state index contributed by atoms with van der Waals surface area (Å²) in [5.74, 6) is -0.698. The van der Waals surface area contributed by atoms with Crippen molar-refractivity contribution in [2.45, 2.75) is 13.1 Å². The molecular formula is C14H9Cl3F3N3O. The van der Waals surface area contributed by atoms with Crippen LogP contribution in [0.5, 0.6) is 0 Å². The van der Waals surface area contributed by atoms with Gasteiger partial charge in [-0.05, 0) is 31.2 Å². The third kappa shape index (κ3) is 4.23. The summed E-state index contributed by atoms with van der Waals surface area (Å²) < 4.78 is 37.7. The van der Waals surface area contributed by atoms with Crippen LogP contribution in [0.2, 0.25) is 15.1 Å². The van der Waals surface area contributed by atoms with E-state index in [1.807, 2.05) is 0 Å². The summed E-state index contributed by atoms with van der Waals surface area (Å²) in [6.45, 7) is 1.30. The van der Waals surface area contributed by atoms with Gasteiger partial charge in [0.2, 0.25) is 0 Å². The average molecular weight is 399 g/mol. The lowest BCUT2D eigenvalue weighted by Gasteiger charge is -2.13. The first-order valence-corrected chi connectivity index (χ1v) is 7.48. The Morgan fingerprint density at radius 1 is 1.12 bits per heavy atom. The number of pyridine rings is 1. The average Bonchev–Trinajstić information content (AvgIpc) is 2.44. The molecule has 2 N–H and O–H groups in total. The summed E-state index contributed by atoms with van der Waals surface area (Å²) in [5.41, 5.74) is 3.82. The largest absolute Gasteiger partial charge is 0.433 e. The Morgan fingerprint density at radius 2 is 1.71 bits per heavy atom. The van der Waals surface area contributed by atoms with E-state index in [4.69, 9.17) is 34.8 Å². The van der Waals surface area contributed by atoms with E-state index in [0.717, 1.165) is 12.1 Å². The number of halogens is 6. The van der Waals surface area contributed by atoms with Gasteiger partial charge in [0.1, 0.15) is 5.69 Å². The van der Waals surface area contributed by atoms with Gasteiger partial charge >= 0.3 is 6.18 Å². The SMILES string of the molecule is Cc1nc(C(F)(F)F)ccc1C(=O)NNc1c(Cl)cc(Cl)cc1Cl. The topological polar surface area (TPSA) is 54.0 Å². The summed E-state index contributed by atoms with van der Waals surface area (Å²) in [4.78, 5) is 15.5. The molecule has 0 radical (unpaired) electrons. The monoisotopic (exact) mass is 397 g/mol. The van der Waals surface area contributed by atoms with Crippen LogP contribution in [0.15, 0.2) is 24.3 Å². The molecule has 2 aromatic rings. The maximum atomic E-state index is 12.6. The molecule has 128 valence electrons. The highest BCUT2D eigenvalue weighted by Crippen LogP contribution is 2.33. The highest BCUT2D eigenvalue weighted by atomic mass is 35.5. The smallest absolute Gasteiger partial charge is 0.295 e. The van der Waals surface area contributed by atoms with E-state index in [0.29, 0.717) is 5.02 Å². The summed E-state index contributed by atoms with van der Waals surface area (Å²) in [7, 11) is 0. The number of aryl methyl sites for hydroxylation is 1. The van der Waals surface area contributed by atoms with Crippen molar-refractivity contribution in [1.82, 2.24) is 10.4 Å². The van der Waals surface area contributed by atoms with Crippen LogP contribution in [0, 0.1) is 6.92 Å². The van der Waals surface area contributed by atoms with Crippen LogP contribution in [0.25, 0.3) is 0 Å². The summed E-state index contributed by atoms with van der Waals surface area (Å²) in [5, 5.41) is 0.634. The molecule has 10 heteroatoms. The number of anilines is 1. The van der Waals surface area contributed by atoms with E-state index in [9.17, 15) is 18.0 Å². The number of nitrogens with one attached hydrogen (secondary N) is 2. The summed E-state index contributed by atoms with van der Waals surface area (Å²) >= 11 is 17.7. The van der Waals surface area contributed by atoms with E-state index in [1.54, 1.807) is 0 Å². The van der Waals surface area contributed by atoms with E-state index in [1.165, 1.54) is 19.1 Å². The molecule has 0 atom stereocenters. The fourth-order valence-electron chi connectivity index (χ4n) is 1.81. The van der Waals surface area contributed by atoms with E-state index >= 15 is 0 Å². The lowest BCUT2D eigenvalue weighted by Crippen LogP contribution is -2.30. The van der Waals surface area contributed by atoms with Gasteiger partial charge in [-0.3, -0.25) is 15.6 Å². The number of hydrogen-bond acceptors (Lipinski definition) is 3. The van der Waals surface area contributed by atoms with Gasteiger partial charge in [-0.1, -0.05) is 34.8 Å². The van der Waals surface area contributed by atoms with Crippen LogP contribution in [0.4, 0.5) is 18.9 Å². The molecule has 1 aromatic heterocycles. The Labute approximate surface area is 149 Å². The first-order valence-electron chi connectivity index (χ1n) is 6.35. The molecule has 0 aliphatic carbocycles. The molecule has 2 rings (SSSR count). The third-order valence-electron chi connectivity index (χ3n) is 2.93. The van der Waals surface area contributed by atoms with Crippen molar-refractivity contribution < 1.29 is 18.0 Å². The number of amides is 1. The zero-order valence-electron chi connectivity index (χ0n) is 11.9. The van der Waals surface area contributed by atoms with Gasteiger partial charge in [-0.15, -0.1) is 0 Å². The lowest BCUT2D eigenvalue weighted by molar-refractivity contribution is -0.141. The van der Waals surface area contributed by atoms with Crippen molar-refractivity contribution in [1.29, 1.82) is 0 Å². The molecule has 0 fully saturated rings. The molecule has 0 bridgehead atoms. The molecule has 0 saturated heterocycles. The number of nitrogens with zero attached hydrogens (tertiary/aromatic N) is 1. The second-order valence-corrected chi connectivity index (χ2v) is 5.90. The molecule has 1 aromatic carbocycles. The molecule has 1 heterocycles. The molecule has 4 nitrogen and oxygen atoms in total. The molecule has 0 aliphatic heterocycles. The Balaban J connectivity index is 2.17. The zero-order chi connectivity index (χ0) is 18.1. The van der Waals surface area contributed by atoms with Crippen molar-refractivity contribution >= 4 is 46.4 Å². The second kappa shape index (κ2) is 7.04. The van der Waals surface area contributed by atoms with Gasteiger partial charge in [0.05, 0.1) is 27.0 Å². The van der Waals surface area contributed by atoms with Crippen LogP contribution < -0.4 is 10.9 Å². The molecule has 24 heavy (non-hydrogen) atoms. The number of hydrogen-bond donors (Lipinski definition) is 2. The summed E-state index contributed by atoms with van der Waals surface area (Å²) in [6, 6.07) is 4.58. The fourth-order valence-corrected chi connectivity index (χ4v) is 2.72. The van der Waals surface area contributed by atoms with Crippen LogP contribution >= 0.6 is 34.8 Å². The minimum absolute atomic E-state index is 0.0308. The number of benzene rings is 1. The normalized spacial score (nSPS) is 11.3. The van der Waals surface area contributed by atoms with E-state index in [-0.39, 0.29) is 27.0 Å². The molecular weight excluding hydrogens is 390 g/mol. The van der Waals surface area contributed by atoms with Crippen LogP contribution in [0.3, 0.4) is 0 Å². The number of hydrazine groups is 1. The quantitative estimate of drug-likeness (QED) is 0.705. The number of alkyl halides is 3. The summed E-state index contributed by atoms with van der Waals surface area (Å²) in [6.07, 6.45) is -4.58. The Bertz CT molecular complexity index is 774. The lowest BCUT2D eigenvalue weighted by atomic mass is 10.1. The van der Waals surface area contributed by atoms with Gasteiger partial charge in [0, 0.05) is 5.02 Å². The fraction of sp³-hybridized carbons (Fsp3) is 0.143. The molecule has 0 spiro atoms. The maximum absolute atomic E-state index is 12.6. The minimum Gasteiger partial charge on any atom is -0.295 e. The van der Waals surface area contributed by atoms with Gasteiger partial charge < -0.3 is 0 Å². The molecule has 0 saturated carbocycles. The van der Waals surface area contributed by atoms with E-state index in [2.05, 4.69) is 15.8 Å². The Morgan fingerprint density at radius 3 is 2.21 bits per heavy atom. The van der Waals surface area contributed by atoms with Gasteiger partial charge in [-0.25, -0.2) is 4.98 Å². The zero-order valence-corrected chi connectivity index (χ0v) is 14.2. The van der Waals surface area contributed by atoms with Crippen molar-refractivity contribution in [3.63, 3.8) is 0 Å². The first-order chi connectivity index (χ1) is 11.1. The Hall–Kier alpha value is -1.70. The predicted molar refractivity (Wildman–Crippen MR) is 86.5 cm³/mol. The van der Waals surface area contributed by atoms with Crippen molar-refractivity contribution in [2.24, 2.45) is 0 Å². The van der Waals surface area contributed by atoms with Gasteiger partial charge in [-0.2, -0.15) is 13.2 Å². The first kappa shape index (κ1) is 18.6. The number of aromatic nitrogens is 1. The Kier molecular flexibility index (Phi) is 5.47. The van der Waals surface area contributed by atoms with Crippen molar-refractivity contribution in [2.75, 3.05) is 5.43 Å². The predicted octanol–water partition coefficient (Wildman–Crippen LogP) is 5.13. The van der Waals surface area contributed by atoms with Gasteiger partial charge in [0.15, 0.2) is 0 Å². The van der Waals surface area contributed by atoms with Gasteiger partial charge in [0.25, 0.3) is 5.91 Å². The second-order valence-electron chi connectivity index (χ2n) is 4.65. The van der Waals surface area contributed by atoms with Crippen LogP contribution in [-0.4, -0.2) is 10.9 Å². The molecule has 0 aliphatic rings. The number of rotatable bonds is 3. The highest BCUT2D eigenvalue weighted by Gasteiger charge is 2.33. The third-order valence-corrected chi connectivity index (χ3v) is 3.74. The standard InChI is InChI=1S/C14H9Cl3F3N3O/c1-6-8(2-3-11(21-6)14(18,19)20)13(24)23-22-12-9(16)4-7(15)5-10(12)17/h2-5,22H,1H3,(H,23,24). The van der Waals surface area contributed by atoms with Crippen molar-refractivity contribution in [3.8, 4) is 0 Å². The minimum atomic E-state index is -4.58. The maximum Gasteiger partial charge on any atom is 0.433 e. The number of carbonyl (C=O) groups excluding carboxylic acids is 1.